The van der Waals surface area contributed by atoms with Crippen molar-refractivity contribution in [1.82, 2.24) is 10.2 Å². The van der Waals surface area contributed by atoms with Gasteiger partial charge in [0.2, 0.25) is 0 Å². The highest BCUT2D eigenvalue weighted by molar-refractivity contribution is 6.06. The molecule has 6 nitrogen and oxygen atoms in total. The number of carboxylic acids is 1. The molecule has 27 heavy (non-hydrogen) atoms. The zero-order valence-corrected chi connectivity index (χ0v) is 15.8. The molecule has 2 saturated carbocycles. The Morgan fingerprint density at radius 1 is 1.22 bits per heavy atom. The maximum absolute atomic E-state index is 12.7. The minimum Gasteiger partial charge on any atom is -0.480 e. The van der Waals surface area contributed by atoms with Crippen molar-refractivity contribution in [2.45, 2.75) is 51.6 Å². The Bertz CT molecular complexity index is 878. The molecule has 2 aliphatic rings. The number of carbonyl (C=O) groups excluding carboxylic acids is 1. The van der Waals surface area contributed by atoms with E-state index < -0.39 is 5.97 Å². The van der Waals surface area contributed by atoms with Gasteiger partial charge in [0.15, 0.2) is 0 Å². The van der Waals surface area contributed by atoms with Gasteiger partial charge in [-0.25, -0.2) is 0 Å². The highest BCUT2D eigenvalue weighted by Crippen LogP contribution is 2.34. The second-order valence-corrected chi connectivity index (χ2v) is 8.14. The molecule has 1 aromatic carbocycles. The highest BCUT2D eigenvalue weighted by Gasteiger charge is 2.38. The van der Waals surface area contributed by atoms with Crippen LogP contribution in [0.5, 0.6) is 0 Å². The Morgan fingerprint density at radius 3 is 2.59 bits per heavy atom. The number of carboxylic acid groups (broad SMARTS) is 1. The summed E-state index contributed by atoms with van der Waals surface area (Å²) in [6.07, 6.45) is 5.54. The average Bonchev–Trinajstić information content (AvgIpc) is 3.29. The zero-order chi connectivity index (χ0) is 19.1. The van der Waals surface area contributed by atoms with Crippen LogP contribution in [0, 0.1) is 19.8 Å². The molecule has 2 N–H and O–H groups in total. The molecule has 0 bridgehead atoms. The molecule has 2 fully saturated rings. The fraction of sp³-hybridized carbons (Fsp3) is 0.524. The molecule has 1 amide bonds. The average molecular weight is 370 g/mol. The van der Waals surface area contributed by atoms with Crippen LogP contribution in [-0.2, 0) is 4.79 Å². The summed E-state index contributed by atoms with van der Waals surface area (Å²) in [5.41, 5.74) is 3.56. The van der Waals surface area contributed by atoms with Gasteiger partial charge < -0.3 is 14.8 Å². The Hall–Kier alpha value is -2.34. The molecular formula is C21H26N2O4. The molecule has 0 unspecified atom stereocenters. The SMILES string of the molecule is Cc1cc2occ(C(=O)NC3CC(N(CC(=O)O)CC4CC4)C3)c2cc1C. The van der Waals surface area contributed by atoms with E-state index in [-0.39, 0.29) is 24.5 Å². The van der Waals surface area contributed by atoms with Crippen molar-refractivity contribution in [1.29, 1.82) is 0 Å². The number of hydrogen-bond donors (Lipinski definition) is 2. The third kappa shape index (κ3) is 3.86. The van der Waals surface area contributed by atoms with Crippen LogP contribution in [0.4, 0.5) is 0 Å². The maximum Gasteiger partial charge on any atom is 0.317 e. The number of nitrogens with one attached hydrogen (secondary N) is 1. The normalized spacial score (nSPS) is 22.0. The molecule has 0 radical (unpaired) electrons. The summed E-state index contributed by atoms with van der Waals surface area (Å²) in [4.78, 5) is 25.9. The molecule has 144 valence electrons. The molecule has 2 aliphatic carbocycles. The van der Waals surface area contributed by atoms with E-state index in [0.29, 0.717) is 11.5 Å². The molecule has 1 aromatic heterocycles. The Kier molecular flexibility index (Phi) is 4.68. The standard InChI is InChI=1S/C21H26N2O4/c1-12-5-17-18(11-27-19(17)6-13(12)2)21(26)22-15-7-16(8-15)23(10-20(24)25)9-14-3-4-14/h5-6,11,14-16H,3-4,7-10H2,1-2H3,(H,22,26)(H,24,25). The van der Waals surface area contributed by atoms with Gasteiger partial charge in [-0.05, 0) is 68.7 Å². The largest absolute Gasteiger partial charge is 0.480 e. The number of benzene rings is 1. The molecule has 0 atom stereocenters. The fourth-order valence-corrected chi connectivity index (χ4v) is 3.87. The molecule has 2 aromatic rings. The maximum atomic E-state index is 12.7. The predicted octanol–water partition coefficient (Wildman–Crippen LogP) is 3.11. The quantitative estimate of drug-likeness (QED) is 0.782. The predicted molar refractivity (Wildman–Crippen MR) is 102 cm³/mol. The molecule has 1 heterocycles. The molecule has 0 spiro atoms. The van der Waals surface area contributed by atoms with E-state index in [1.807, 2.05) is 26.0 Å². The summed E-state index contributed by atoms with van der Waals surface area (Å²) in [7, 11) is 0. The van der Waals surface area contributed by atoms with Gasteiger partial charge in [0.25, 0.3) is 5.91 Å². The lowest BCUT2D eigenvalue weighted by molar-refractivity contribution is -0.139. The molecule has 4 rings (SSSR count). The van der Waals surface area contributed by atoms with Crippen molar-refractivity contribution in [3.05, 3.63) is 35.1 Å². The van der Waals surface area contributed by atoms with Crippen LogP contribution in [0.3, 0.4) is 0 Å². The number of aryl methyl sites for hydroxylation is 2. The van der Waals surface area contributed by atoms with Gasteiger partial charge in [0, 0.05) is 24.0 Å². The van der Waals surface area contributed by atoms with Gasteiger partial charge in [-0.3, -0.25) is 14.5 Å². The lowest BCUT2D eigenvalue weighted by Gasteiger charge is -2.42. The fourth-order valence-electron chi connectivity index (χ4n) is 3.87. The van der Waals surface area contributed by atoms with E-state index >= 15 is 0 Å². The lowest BCUT2D eigenvalue weighted by Crippen LogP contribution is -2.55. The van der Waals surface area contributed by atoms with E-state index in [9.17, 15) is 9.59 Å². The van der Waals surface area contributed by atoms with Gasteiger partial charge in [-0.15, -0.1) is 0 Å². The second kappa shape index (κ2) is 7.00. The van der Waals surface area contributed by atoms with E-state index in [1.54, 1.807) is 0 Å². The summed E-state index contributed by atoms with van der Waals surface area (Å²) in [6, 6.07) is 4.30. The topological polar surface area (TPSA) is 82.8 Å². The minimum absolute atomic E-state index is 0.0901. The van der Waals surface area contributed by atoms with E-state index in [1.165, 1.54) is 19.1 Å². The van der Waals surface area contributed by atoms with Crippen molar-refractivity contribution in [3.63, 3.8) is 0 Å². The van der Waals surface area contributed by atoms with Crippen LogP contribution in [0.25, 0.3) is 11.0 Å². The van der Waals surface area contributed by atoms with Crippen LogP contribution >= 0.6 is 0 Å². The summed E-state index contributed by atoms with van der Waals surface area (Å²) >= 11 is 0. The summed E-state index contributed by atoms with van der Waals surface area (Å²) < 4.78 is 5.56. The first kappa shape index (κ1) is 18.0. The number of furan rings is 1. The van der Waals surface area contributed by atoms with E-state index in [2.05, 4.69) is 10.2 Å². The van der Waals surface area contributed by atoms with E-state index in [4.69, 9.17) is 9.52 Å². The first-order chi connectivity index (χ1) is 12.9. The van der Waals surface area contributed by atoms with Crippen LogP contribution in [0.1, 0.15) is 47.2 Å². The van der Waals surface area contributed by atoms with Crippen LogP contribution in [0.15, 0.2) is 22.8 Å². The number of hydrogen-bond acceptors (Lipinski definition) is 4. The Balaban J connectivity index is 1.37. The van der Waals surface area contributed by atoms with Crippen molar-refractivity contribution < 1.29 is 19.1 Å². The van der Waals surface area contributed by atoms with Crippen molar-refractivity contribution in [2.75, 3.05) is 13.1 Å². The number of rotatable bonds is 7. The van der Waals surface area contributed by atoms with Crippen LogP contribution in [0.2, 0.25) is 0 Å². The third-order valence-electron chi connectivity index (χ3n) is 5.93. The number of nitrogens with zero attached hydrogens (tertiary/aromatic N) is 1. The summed E-state index contributed by atoms with van der Waals surface area (Å²) in [5, 5.41) is 13.1. The minimum atomic E-state index is -0.779. The molecule has 0 saturated heterocycles. The first-order valence-corrected chi connectivity index (χ1v) is 9.66. The van der Waals surface area contributed by atoms with Crippen LogP contribution < -0.4 is 5.32 Å². The summed E-state index contributed by atoms with van der Waals surface area (Å²) in [6.45, 7) is 5.00. The van der Waals surface area contributed by atoms with E-state index in [0.717, 1.165) is 41.5 Å². The van der Waals surface area contributed by atoms with Gasteiger partial charge in [-0.2, -0.15) is 0 Å². The second-order valence-electron chi connectivity index (χ2n) is 8.14. The zero-order valence-electron chi connectivity index (χ0n) is 15.8. The third-order valence-corrected chi connectivity index (χ3v) is 5.93. The number of fused-ring (bicyclic) bond motifs is 1. The number of carbonyl (C=O) groups is 2. The smallest absolute Gasteiger partial charge is 0.317 e. The van der Waals surface area contributed by atoms with Gasteiger partial charge >= 0.3 is 5.97 Å². The number of aliphatic carboxylic acids is 1. The Morgan fingerprint density at radius 2 is 1.93 bits per heavy atom. The van der Waals surface area contributed by atoms with Crippen molar-refractivity contribution >= 4 is 22.8 Å². The van der Waals surface area contributed by atoms with Crippen molar-refractivity contribution in [2.24, 2.45) is 5.92 Å². The Labute approximate surface area is 158 Å². The molecule has 6 heteroatoms. The number of amides is 1. The first-order valence-electron chi connectivity index (χ1n) is 9.66. The highest BCUT2D eigenvalue weighted by atomic mass is 16.4. The lowest BCUT2D eigenvalue weighted by atomic mass is 9.85. The molecule has 0 aliphatic heterocycles. The summed E-state index contributed by atoms with van der Waals surface area (Å²) in [5.74, 6) is -0.243. The van der Waals surface area contributed by atoms with Gasteiger partial charge in [0.05, 0.1) is 12.1 Å². The van der Waals surface area contributed by atoms with Gasteiger partial charge in [-0.1, -0.05) is 0 Å². The molecular weight excluding hydrogens is 344 g/mol. The van der Waals surface area contributed by atoms with Gasteiger partial charge in [0.1, 0.15) is 11.8 Å². The van der Waals surface area contributed by atoms with Crippen LogP contribution in [-0.4, -0.2) is 47.1 Å². The monoisotopic (exact) mass is 370 g/mol. The van der Waals surface area contributed by atoms with Crippen molar-refractivity contribution in [3.8, 4) is 0 Å².